The van der Waals surface area contributed by atoms with Crippen LogP contribution in [0.15, 0.2) is 59.5 Å². The minimum Gasteiger partial charge on any atom is -0.339 e. The van der Waals surface area contributed by atoms with Gasteiger partial charge in [-0.25, -0.2) is 8.42 Å². The molecule has 0 N–H and O–H groups in total. The minimum atomic E-state index is -3.48. The highest BCUT2D eigenvalue weighted by atomic mass is 32.2. The average molecular weight is 441 g/mol. The summed E-state index contributed by atoms with van der Waals surface area (Å²) < 4.78 is 27.4. The number of likely N-dealkylation sites (tertiary alicyclic amines) is 1. The van der Waals surface area contributed by atoms with Crippen molar-refractivity contribution in [1.29, 1.82) is 0 Å². The Morgan fingerprint density at radius 2 is 1.48 bits per heavy atom. The van der Waals surface area contributed by atoms with E-state index in [9.17, 15) is 13.2 Å². The number of rotatable bonds is 5. The molecule has 0 radical (unpaired) electrons. The van der Waals surface area contributed by atoms with E-state index in [1.807, 2.05) is 11.0 Å². The van der Waals surface area contributed by atoms with Crippen molar-refractivity contribution in [2.45, 2.75) is 43.9 Å². The molecule has 4 rings (SSSR count). The molecule has 0 spiro atoms. The SMILES string of the molecule is CC1CCN(S(=O)(=O)c2ccc(C(=O)N3CCC(Cc4ccccc4)CC3)cc2)CC1. The van der Waals surface area contributed by atoms with Gasteiger partial charge in [-0.3, -0.25) is 4.79 Å². The summed E-state index contributed by atoms with van der Waals surface area (Å²) in [6.45, 7) is 4.81. The van der Waals surface area contributed by atoms with Gasteiger partial charge in [0.15, 0.2) is 0 Å². The van der Waals surface area contributed by atoms with Gasteiger partial charge in [-0.1, -0.05) is 37.3 Å². The summed E-state index contributed by atoms with van der Waals surface area (Å²) in [5.74, 6) is 1.17. The number of carbonyl (C=O) groups excluding carboxylic acids is 1. The number of sulfonamides is 1. The molecule has 2 aromatic rings. The highest BCUT2D eigenvalue weighted by molar-refractivity contribution is 7.89. The Kier molecular flexibility index (Phi) is 6.77. The standard InChI is InChI=1S/C25H32N2O3S/c1-20-11-17-27(18-12-20)31(29,30)24-9-7-23(8-10-24)25(28)26-15-13-22(14-16-26)19-21-5-3-2-4-6-21/h2-10,20,22H,11-19H2,1H3. The first-order valence-corrected chi connectivity index (χ1v) is 12.8. The van der Waals surface area contributed by atoms with Crippen LogP contribution in [-0.4, -0.2) is 49.7 Å². The van der Waals surface area contributed by atoms with Crippen LogP contribution >= 0.6 is 0 Å². The molecule has 0 bridgehead atoms. The number of nitrogens with zero attached hydrogens (tertiary/aromatic N) is 2. The van der Waals surface area contributed by atoms with Crippen molar-refractivity contribution >= 4 is 15.9 Å². The van der Waals surface area contributed by atoms with Crippen LogP contribution in [0.25, 0.3) is 0 Å². The third kappa shape index (κ3) is 5.18. The zero-order valence-corrected chi connectivity index (χ0v) is 19.1. The van der Waals surface area contributed by atoms with Crippen LogP contribution in [0, 0.1) is 11.8 Å². The van der Waals surface area contributed by atoms with E-state index in [1.165, 1.54) is 5.56 Å². The van der Waals surface area contributed by atoms with Crippen molar-refractivity contribution < 1.29 is 13.2 Å². The topological polar surface area (TPSA) is 57.7 Å². The molecule has 2 aliphatic heterocycles. The van der Waals surface area contributed by atoms with E-state index in [4.69, 9.17) is 0 Å². The van der Waals surface area contributed by atoms with Gasteiger partial charge < -0.3 is 4.90 Å². The summed E-state index contributed by atoms with van der Waals surface area (Å²) in [6, 6.07) is 17.0. The maximum Gasteiger partial charge on any atom is 0.253 e. The van der Waals surface area contributed by atoms with Crippen LogP contribution in [0.3, 0.4) is 0 Å². The zero-order valence-electron chi connectivity index (χ0n) is 18.2. The lowest BCUT2D eigenvalue weighted by Gasteiger charge is -2.32. The van der Waals surface area contributed by atoms with Crippen molar-refractivity contribution in [1.82, 2.24) is 9.21 Å². The van der Waals surface area contributed by atoms with Gasteiger partial charge in [0, 0.05) is 31.7 Å². The molecule has 31 heavy (non-hydrogen) atoms. The number of hydrogen-bond donors (Lipinski definition) is 0. The lowest BCUT2D eigenvalue weighted by atomic mass is 9.90. The second-order valence-corrected chi connectivity index (χ2v) is 11.0. The van der Waals surface area contributed by atoms with Gasteiger partial charge in [0.2, 0.25) is 10.0 Å². The molecule has 6 heteroatoms. The normalized spacial score (nSPS) is 19.5. The molecule has 0 aromatic heterocycles. The average Bonchev–Trinajstić information content (AvgIpc) is 2.80. The van der Waals surface area contributed by atoms with Gasteiger partial charge in [0.25, 0.3) is 5.91 Å². The first-order valence-electron chi connectivity index (χ1n) is 11.4. The summed E-state index contributed by atoms with van der Waals surface area (Å²) in [4.78, 5) is 15.1. The molecule has 2 saturated heterocycles. The maximum atomic E-state index is 12.9. The summed E-state index contributed by atoms with van der Waals surface area (Å²) >= 11 is 0. The summed E-state index contributed by atoms with van der Waals surface area (Å²) in [7, 11) is -3.48. The fourth-order valence-corrected chi connectivity index (χ4v) is 6.08. The summed E-state index contributed by atoms with van der Waals surface area (Å²) in [6.07, 6.45) is 4.86. The Bertz CT molecular complexity index is 973. The number of hydrogen-bond acceptors (Lipinski definition) is 3. The van der Waals surface area contributed by atoms with Crippen molar-refractivity contribution in [2.24, 2.45) is 11.8 Å². The molecule has 166 valence electrons. The Labute approximate surface area is 186 Å². The fourth-order valence-electron chi connectivity index (χ4n) is 4.61. The van der Waals surface area contributed by atoms with Gasteiger partial charge in [-0.2, -0.15) is 4.31 Å². The quantitative estimate of drug-likeness (QED) is 0.700. The molecule has 0 atom stereocenters. The first-order chi connectivity index (χ1) is 14.9. The van der Waals surface area contributed by atoms with E-state index in [0.29, 0.717) is 30.5 Å². The molecule has 0 saturated carbocycles. The smallest absolute Gasteiger partial charge is 0.253 e. The van der Waals surface area contributed by atoms with E-state index >= 15 is 0 Å². The number of piperidine rings is 2. The Hall–Kier alpha value is -2.18. The second-order valence-electron chi connectivity index (χ2n) is 9.04. The largest absolute Gasteiger partial charge is 0.339 e. The highest BCUT2D eigenvalue weighted by Crippen LogP contribution is 2.25. The number of amides is 1. The van der Waals surface area contributed by atoms with Gasteiger partial charge >= 0.3 is 0 Å². The monoisotopic (exact) mass is 440 g/mol. The van der Waals surface area contributed by atoms with Crippen molar-refractivity contribution in [3.63, 3.8) is 0 Å². The molecule has 2 aromatic carbocycles. The van der Waals surface area contributed by atoms with Crippen LogP contribution in [0.1, 0.15) is 48.5 Å². The van der Waals surface area contributed by atoms with Gasteiger partial charge in [0.05, 0.1) is 4.90 Å². The maximum absolute atomic E-state index is 12.9. The van der Waals surface area contributed by atoms with Crippen molar-refractivity contribution in [3.05, 3.63) is 65.7 Å². The van der Waals surface area contributed by atoms with E-state index < -0.39 is 10.0 Å². The van der Waals surface area contributed by atoms with Gasteiger partial charge in [0.1, 0.15) is 0 Å². The Balaban J connectivity index is 1.34. The Morgan fingerprint density at radius 3 is 2.10 bits per heavy atom. The summed E-state index contributed by atoms with van der Waals surface area (Å²) in [5.41, 5.74) is 1.92. The van der Waals surface area contributed by atoms with Gasteiger partial charge in [-0.05, 0) is 73.8 Å². The van der Waals surface area contributed by atoms with Crippen LogP contribution < -0.4 is 0 Å². The summed E-state index contributed by atoms with van der Waals surface area (Å²) in [5, 5.41) is 0. The molecule has 5 nitrogen and oxygen atoms in total. The number of carbonyl (C=O) groups is 1. The molecular weight excluding hydrogens is 408 g/mol. The second kappa shape index (κ2) is 9.53. The van der Waals surface area contributed by atoms with Crippen LogP contribution in [0.5, 0.6) is 0 Å². The fraction of sp³-hybridized carbons (Fsp3) is 0.480. The number of benzene rings is 2. The molecule has 2 fully saturated rings. The van der Waals surface area contributed by atoms with Crippen LogP contribution in [0.4, 0.5) is 0 Å². The van der Waals surface area contributed by atoms with Crippen LogP contribution in [-0.2, 0) is 16.4 Å². The molecule has 2 heterocycles. The predicted molar refractivity (Wildman–Crippen MR) is 122 cm³/mol. The highest BCUT2D eigenvalue weighted by Gasteiger charge is 2.29. The first kappa shape index (κ1) is 22.0. The van der Waals surface area contributed by atoms with Gasteiger partial charge in [-0.15, -0.1) is 0 Å². The van der Waals surface area contributed by atoms with Crippen molar-refractivity contribution in [3.8, 4) is 0 Å². The van der Waals surface area contributed by atoms with Crippen LogP contribution in [0.2, 0.25) is 0 Å². The lowest BCUT2D eigenvalue weighted by molar-refractivity contribution is 0.0690. The molecule has 0 aliphatic carbocycles. The predicted octanol–water partition coefficient (Wildman–Crippen LogP) is 4.20. The molecular formula is C25H32N2O3S. The zero-order chi connectivity index (χ0) is 21.8. The van der Waals surface area contributed by atoms with E-state index in [0.717, 1.165) is 45.2 Å². The molecule has 0 unspecified atom stereocenters. The Morgan fingerprint density at radius 1 is 0.871 bits per heavy atom. The van der Waals surface area contributed by atoms with E-state index in [-0.39, 0.29) is 10.8 Å². The lowest BCUT2D eigenvalue weighted by Crippen LogP contribution is -2.39. The third-order valence-corrected chi connectivity index (χ3v) is 8.66. The molecule has 2 aliphatic rings. The minimum absolute atomic E-state index is 0.00564. The van der Waals surface area contributed by atoms with E-state index in [1.54, 1.807) is 28.6 Å². The van der Waals surface area contributed by atoms with E-state index in [2.05, 4.69) is 31.2 Å². The molecule has 1 amide bonds. The third-order valence-electron chi connectivity index (χ3n) is 6.75. The van der Waals surface area contributed by atoms with Crippen molar-refractivity contribution in [2.75, 3.05) is 26.2 Å².